The van der Waals surface area contributed by atoms with Crippen LogP contribution >= 0.6 is 0 Å². The van der Waals surface area contributed by atoms with E-state index in [-0.39, 0.29) is 37.2 Å². The second kappa shape index (κ2) is 6.91. The first-order valence-electron chi connectivity index (χ1n) is 8.60. The first-order chi connectivity index (χ1) is 12.3. The van der Waals surface area contributed by atoms with Crippen LogP contribution < -0.4 is 4.90 Å². The summed E-state index contributed by atoms with van der Waals surface area (Å²) in [6.07, 6.45) is 1.83. The molecule has 9 nitrogen and oxygen atoms in total. The summed E-state index contributed by atoms with van der Waals surface area (Å²) in [5.74, 6) is -1.69. The van der Waals surface area contributed by atoms with E-state index in [4.69, 9.17) is 5.11 Å². The van der Waals surface area contributed by atoms with E-state index in [0.29, 0.717) is 5.69 Å². The van der Waals surface area contributed by atoms with Gasteiger partial charge in [-0.2, -0.15) is 0 Å². The average Bonchev–Trinajstić information content (AvgIpc) is 3.15. The fourth-order valence-electron chi connectivity index (χ4n) is 3.50. The maximum Gasteiger partial charge on any atom is 0.335 e. The Morgan fingerprint density at radius 3 is 2.27 bits per heavy atom. The minimum Gasteiger partial charge on any atom is -0.479 e. The Morgan fingerprint density at radius 1 is 1.12 bits per heavy atom. The zero-order valence-corrected chi connectivity index (χ0v) is 14.3. The van der Waals surface area contributed by atoms with Crippen LogP contribution in [0.25, 0.3) is 0 Å². The molecule has 2 saturated heterocycles. The van der Waals surface area contributed by atoms with Crippen LogP contribution in [0.3, 0.4) is 0 Å². The molecule has 0 aromatic heterocycles. The first kappa shape index (κ1) is 18.1. The smallest absolute Gasteiger partial charge is 0.335 e. The fraction of sp³-hybridized carbons (Fsp3) is 0.529. The predicted molar refractivity (Wildman–Crippen MR) is 92.3 cm³/mol. The molecular weight excluding hydrogens is 342 g/mol. The van der Waals surface area contributed by atoms with Crippen LogP contribution in [-0.4, -0.2) is 63.7 Å². The number of carboxylic acid groups (broad SMARTS) is 1. The standard InChI is InChI=1S/C17H21N3O6/c21-15(19-9-5-17(24,6-10-19)16(22)23)12-3-4-13(14(11-12)20(25)26)18-7-1-2-8-18/h3-4,11,24H,1-2,5-10H2,(H,22,23). The van der Waals surface area contributed by atoms with Crippen molar-refractivity contribution in [3.63, 3.8) is 0 Å². The molecule has 3 rings (SSSR count). The van der Waals surface area contributed by atoms with E-state index in [9.17, 15) is 24.8 Å². The maximum atomic E-state index is 12.6. The van der Waals surface area contributed by atoms with Gasteiger partial charge in [-0.05, 0) is 25.0 Å². The molecule has 0 bridgehead atoms. The molecule has 0 atom stereocenters. The molecule has 1 aromatic rings. The number of carboxylic acids is 1. The zero-order chi connectivity index (χ0) is 18.9. The average molecular weight is 363 g/mol. The number of aliphatic carboxylic acids is 1. The van der Waals surface area contributed by atoms with Crippen molar-refractivity contribution in [3.05, 3.63) is 33.9 Å². The van der Waals surface area contributed by atoms with Crippen LogP contribution in [0.4, 0.5) is 11.4 Å². The van der Waals surface area contributed by atoms with Crippen molar-refractivity contribution in [2.24, 2.45) is 0 Å². The Bertz CT molecular complexity index is 736. The summed E-state index contributed by atoms with van der Waals surface area (Å²) in [6, 6.07) is 4.46. The number of benzene rings is 1. The van der Waals surface area contributed by atoms with E-state index in [1.807, 2.05) is 4.90 Å². The summed E-state index contributed by atoms with van der Waals surface area (Å²) >= 11 is 0. The molecule has 2 fully saturated rings. The molecule has 9 heteroatoms. The summed E-state index contributed by atoms with van der Waals surface area (Å²) in [4.78, 5) is 38.1. The van der Waals surface area contributed by atoms with Gasteiger partial charge < -0.3 is 20.0 Å². The number of rotatable bonds is 4. The molecule has 1 amide bonds. The minimum atomic E-state index is -1.82. The number of piperidine rings is 1. The third-order valence-corrected chi connectivity index (χ3v) is 5.14. The van der Waals surface area contributed by atoms with Crippen LogP contribution in [0.1, 0.15) is 36.0 Å². The zero-order valence-electron chi connectivity index (χ0n) is 14.3. The molecular formula is C17H21N3O6. The fourth-order valence-corrected chi connectivity index (χ4v) is 3.50. The van der Waals surface area contributed by atoms with Crippen molar-refractivity contribution in [2.45, 2.75) is 31.3 Å². The van der Waals surface area contributed by atoms with Gasteiger partial charge in [-0.1, -0.05) is 0 Å². The Kier molecular flexibility index (Phi) is 4.82. The highest BCUT2D eigenvalue weighted by atomic mass is 16.6. The molecule has 2 N–H and O–H groups in total. The van der Waals surface area contributed by atoms with Crippen LogP contribution in [0, 0.1) is 10.1 Å². The van der Waals surface area contributed by atoms with Gasteiger partial charge in [-0.25, -0.2) is 4.79 Å². The number of amides is 1. The summed E-state index contributed by atoms with van der Waals surface area (Å²) in [5.41, 5.74) is -1.21. The first-order valence-corrected chi connectivity index (χ1v) is 8.60. The summed E-state index contributed by atoms with van der Waals surface area (Å²) in [7, 11) is 0. The molecule has 0 saturated carbocycles. The minimum absolute atomic E-state index is 0.0674. The van der Waals surface area contributed by atoms with Crippen molar-refractivity contribution >= 4 is 23.3 Å². The van der Waals surface area contributed by atoms with Gasteiger partial charge in [0.05, 0.1) is 4.92 Å². The van der Waals surface area contributed by atoms with Crippen molar-refractivity contribution in [1.29, 1.82) is 0 Å². The van der Waals surface area contributed by atoms with E-state index in [1.165, 1.54) is 11.0 Å². The number of likely N-dealkylation sites (tertiary alicyclic amines) is 1. The van der Waals surface area contributed by atoms with Crippen LogP contribution in [-0.2, 0) is 4.79 Å². The van der Waals surface area contributed by atoms with Gasteiger partial charge in [0.15, 0.2) is 5.60 Å². The van der Waals surface area contributed by atoms with Gasteiger partial charge in [-0.3, -0.25) is 14.9 Å². The third-order valence-electron chi connectivity index (χ3n) is 5.14. The molecule has 140 valence electrons. The van der Waals surface area contributed by atoms with Crippen LogP contribution in [0.15, 0.2) is 18.2 Å². The quantitative estimate of drug-likeness (QED) is 0.609. The number of hydrogen-bond donors (Lipinski definition) is 2. The summed E-state index contributed by atoms with van der Waals surface area (Å²) < 4.78 is 0. The number of anilines is 1. The van der Waals surface area contributed by atoms with Crippen molar-refractivity contribution in [2.75, 3.05) is 31.1 Å². The lowest BCUT2D eigenvalue weighted by Gasteiger charge is -2.35. The number of nitro groups is 1. The van der Waals surface area contributed by atoms with Gasteiger partial charge >= 0.3 is 5.97 Å². The van der Waals surface area contributed by atoms with Crippen molar-refractivity contribution < 1.29 is 24.7 Å². The van der Waals surface area contributed by atoms with E-state index in [2.05, 4.69) is 0 Å². The molecule has 0 aliphatic carbocycles. The molecule has 2 heterocycles. The second-order valence-electron chi connectivity index (χ2n) is 6.78. The Balaban J connectivity index is 1.79. The Labute approximate surface area is 150 Å². The van der Waals surface area contributed by atoms with Gasteiger partial charge in [0.25, 0.3) is 11.6 Å². The van der Waals surface area contributed by atoms with E-state index >= 15 is 0 Å². The Hall–Kier alpha value is -2.68. The lowest BCUT2D eigenvalue weighted by Crippen LogP contribution is -2.50. The van der Waals surface area contributed by atoms with Crippen molar-refractivity contribution in [3.8, 4) is 0 Å². The van der Waals surface area contributed by atoms with Crippen molar-refractivity contribution in [1.82, 2.24) is 4.90 Å². The van der Waals surface area contributed by atoms with Gasteiger partial charge in [0.1, 0.15) is 5.69 Å². The van der Waals surface area contributed by atoms with E-state index in [1.54, 1.807) is 12.1 Å². The molecule has 0 unspecified atom stereocenters. The van der Waals surface area contributed by atoms with E-state index in [0.717, 1.165) is 25.9 Å². The number of carbonyl (C=O) groups excluding carboxylic acids is 1. The highest BCUT2D eigenvalue weighted by molar-refractivity contribution is 5.96. The normalized spacial score (nSPS) is 19.4. The lowest BCUT2D eigenvalue weighted by atomic mass is 9.91. The highest BCUT2D eigenvalue weighted by Gasteiger charge is 2.40. The number of nitro benzene ring substituents is 1. The number of hydrogen-bond acceptors (Lipinski definition) is 6. The molecule has 0 spiro atoms. The number of aliphatic hydroxyl groups is 1. The number of carbonyl (C=O) groups is 2. The van der Waals surface area contributed by atoms with Crippen LogP contribution in [0.5, 0.6) is 0 Å². The van der Waals surface area contributed by atoms with Gasteiger partial charge in [0, 0.05) is 50.7 Å². The largest absolute Gasteiger partial charge is 0.479 e. The van der Waals surface area contributed by atoms with Gasteiger partial charge in [0.2, 0.25) is 0 Å². The number of nitrogens with zero attached hydrogens (tertiary/aromatic N) is 3. The van der Waals surface area contributed by atoms with Crippen LogP contribution in [0.2, 0.25) is 0 Å². The molecule has 26 heavy (non-hydrogen) atoms. The van der Waals surface area contributed by atoms with E-state index < -0.39 is 22.4 Å². The molecule has 0 radical (unpaired) electrons. The molecule has 2 aliphatic rings. The maximum absolute atomic E-state index is 12.6. The summed E-state index contributed by atoms with van der Waals surface area (Å²) in [5, 5.41) is 30.4. The lowest BCUT2D eigenvalue weighted by molar-refractivity contribution is -0.384. The second-order valence-corrected chi connectivity index (χ2v) is 6.78. The third kappa shape index (κ3) is 3.34. The van der Waals surface area contributed by atoms with Gasteiger partial charge in [-0.15, -0.1) is 0 Å². The topological polar surface area (TPSA) is 124 Å². The molecule has 2 aliphatic heterocycles. The SMILES string of the molecule is O=C(c1ccc(N2CCCC2)c([N+](=O)[O-])c1)N1CCC(O)(C(=O)O)CC1. The highest BCUT2D eigenvalue weighted by Crippen LogP contribution is 2.32. The monoisotopic (exact) mass is 363 g/mol. The molecule has 1 aromatic carbocycles. The summed E-state index contributed by atoms with van der Waals surface area (Å²) in [6.45, 7) is 1.69. The predicted octanol–water partition coefficient (Wildman–Crippen LogP) is 1.25. The Morgan fingerprint density at radius 2 is 1.73 bits per heavy atom.